The van der Waals surface area contributed by atoms with E-state index < -0.39 is 46.4 Å². The number of rotatable bonds is 22. The summed E-state index contributed by atoms with van der Waals surface area (Å²) in [6.45, 7) is 17.1. The lowest BCUT2D eigenvalue weighted by molar-refractivity contribution is -0.138. The van der Waals surface area contributed by atoms with Crippen LogP contribution >= 0.6 is 0 Å². The third-order valence-corrected chi connectivity index (χ3v) is 20.1. The quantitative estimate of drug-likeness (QED) is 0.0387. The number of halogens is 9. The maximum Gasteiger partial charge on any atom is 0.416 e. The lowest BCUT2D eigenvalue weighted by atomic mass is 9.68. The van der Waals surface area contributed by atoms with E-state index in [0.717, 1.165) is 124 Å². The Morgan fingerprint density at radius 3 is 1.13 bits per heavy atom. The van der Waals surface area contributed by atoms with Gasteiger partial charge in [-0.3, -0.25) is 4.79 Å². The van der Waals surface area contributed by atoms with E-state index in [9.17, 15) is 53.9 Å². The molecule has 3 unspecified atom stereocenters. The first kappa shape index (κ1) is 75.9. The van der Waals surface area contributed by atoms with Crippen molar-refractivity contribution in [2.24, 2.45) is 22.0 Å². The zero-order chi connectivity index (χ0) is 71.4. The minimum Gasteiger partial charge on any atom is -0.444 e. The van der Waals surface area contributed by atoms with Crippen molar-refractivity contribution in [3.8, 4) is 0 Å². The standard InChI is InChI=1S/C28H35F3N2O2.C23H27F3N2.C20H30N2O2.C8H5F3O/c1-26(2,3)35-25(34)33(24-16-23(24)21-8-5-4-6-9-21)19-27(14-7-15-27)18-32-17-20-10-12-22(13-11-20)28(29,30)31;24-23(25,26)19-9-7-17(8-10-19)14-27-15-22(11-4-12-22)16-28-21-13-20(21)18-5-2-1-3-6-18;1-19(2,3)24-18(23)22(14-20(13-21)10-7-11-20)17-12-16(17)15-8-5-4-6-9-15;9-8(10,11)7-3-1-6(5-12)2-4-7/h4-6,8-13,23-24,32H,7,14-19H2,1-3H3;1-3,5-10,20-21,27-28H,4,11-16H2;4-6,8-9,16-17H,7,10-14,21H2,1-3H3;1-5H/t23?,24-;20?,21-;16?,17-;/m000./s1. The molecule has 12 rings (SSSR count). The summed E-state index contributed by atoms with van der Waals surface area (Å²) < 4.78 is 124. The summed E-state index contributed by atoms with van der Waals surface area (Å²) in [5.74, 6) is 1.38. The molecule has 0 heterocycles. The molecular weight excluding hydrogens is 1280 g/mol. The summed E-state index contributed by atoms with van der Waals surface area (Å²) >= 11 is 0. The third kappa shape index (κ3) is 22.1. The van der Waals surface area contributed by atoms with Gasteiger partial charge >= 0.3 is 30.7 Å². The molecule has 6 atom stereocenters. The lowest BCUT2D eigenvalue weighted by Gasteiger charge is -2.45. The second kappa shape index (κ2) is 32.2. The highest BCUT2D eigenvalue weighted by atomic mass is 19.4. The summed E-state index contributed by atoms with van der Waals surface area (Å²) in [7, 11) is 0. The number of nitrogens with one attached hydrogen (secondary N) is 3. The maximum atomic E-state index is 13.2. The molecular formula is C79H97F9N6O5. The Balaban J connectivity index is 0.000000162. The molecule has 6 aromatic carbocycles. The van der Waals surface area contributed by atoms with E-state index in [4.69, 9.17) is 15.2 Å². The van der Waals surface area contributed by atoms with Gasteiger partial charge in [-0.1, -0.05) is 147 Å². The van der Waals surface area contributed by atoms with Crippen LogP contribution in [0.5, 0.6) is 0 Å². The monoisotopic (exact) mass is 1380 g/mol. The topological polar surface area (TPSA) is 138 Å². The van der Waals surface area contributed by atoms with E-state index in [1.807, 2.05) is 75.6 Å². The summed E-state index contributed by atoms with van der Waals surface area (Å²) in [6, 6.07) is 47.1. The number of hydrogen-bond acceptors (Lipinski definition) is 9. The second-order valence-corrected chi connectivity index (χ2v) is 30.2. The van der Waals surface area contributed by atoms with Gasteiger partial charge in [0.25, 0.3) is 0 Å². The van der Waals surface area contributed by atoms with Crippen molar-refractivity contribution < 1.29 is 63.4 Å². The van der Waals surface area contributed by atoms with E-state index in [1.54, 1.807) is 12.1 Å². The molecule has 6 saturated carbocycles. The van der Waals surface area contributed by atoms with Crippen LogP contribution in [-0.2, 0) is 41.1 Å². The number of hydrogen-bond donors (Lipinski definition) is 4. The molecule has 2 amide bonds. The van der Waals surface area contributed by atoms with Crippen LogP contribution in [0.1, 0.15) is 191 Å². The predicted octanol–water partition coefficient (Wildman–Crippen LogP) is 18.3. The van der Waals surface area contributed by atoms with Gasteiger partial charge in [0.2, 0.25) is 0 Å². The molecule has 6 aliphatic rings. The van der Waals surface area contributed by atoms with Gasteiger partial charge in [-0.15, -0.1) is 0 Å². The molecule has 99 heavy (non-hydrogen) atoms. The highest BCUT2D eigenvalue weighted by Crippen LogP contribution is 2.51. The number of ether oxygens (including phenoxy) is 2. The molecule has 0 aromatic heterocycles. The lowest BCUT2D eigenvalue weighted by Crippen LogP contribution is -2.51. The van der Waals surface area contributed by atoms with Crippen LogP contribution in [0.15, 0.2) is 164 Å². The molecule has 6 aliphatic carbocycles. The number of carbonyl (C=O) groups excluding carboxylic acids is 3. The van der Waals surface area contributed by atoms with Crippen LogP contribution in [0.25, 0.3) is 0 Å². The average Bonchev–Trinajstić information content (AvgIpc) is 1.68. The first-order chi connectivity index (χ1) is 46.8. The summed E-state index contributed by atoms with van der Waals surface area (Å²) in [4.78, 5) is 40.0. The molecule has 20 heteroatoms. The predicted molar refractivity (Wildman–Crippen MR) is 368 cm³/mol. The first-order valence-corrected chi connectivity index (χ1v) is 34.7. The number of nitrogens with zero attached hydrogens (tertiary/aromatic N) is 2. The van der Waals surface area contributed by atoms with E-state index in [0.29, 0.717) is 62.8 Å². The van der Waals surface area contributed by atoms with Crippen molar-refractivity contribution >= 4 is 18.5 Å². The summed E-state index contributed by atoms with van der Waals surface area (Å²) in [6.07, 6.45) is 0.525. The fourth-order valence-electron chi connectivity index (χ4n) is 13.6. The first-order valence-electron chi connectivity index (χ1n) is 34.7. The molecule has 5 N–H and O–H groups in total. The molecule has 0 spiro atoms. The summed E-state index contributed by atoms with van der Waals surface area (Å²) in [5, 5.41) is 10.7. The number of amides is 2. The molecule has 536 valence electrons. The maximum absolute atomic E-state index is 13.2. The number of carbonyl (C=O) groups is 3. The van der Waals surface area contributed by atoms with Gasteiger partial charge in [-0.05, 0) is 176 Å². The van der Waals surface area contributed by atoms with Gasteiger partial charge in [0, 0.05) is 98.1 Å². The van der Waals surface area contributed by atoms with Crippen molar-refractivity contribution in [2.45, 2.75) is 197 Å². The van der Waals surface area contributed by atoms with Crippen LogP contribution in [0.2, 0.25) is 0 Å². The normalized spacial score (nSPS) is 21.5. The Kier molecular flexibility index (Phi) is 24.7. The van der Waals surface area contributed by atoms with E-state index in [-0.39, 0.29) is 46.1 Å². The second-order valence-electron chi connectivity index (χ2n) is 30.2. The smallest absolute Gasteiger partial charge is 0.416 e. The fourth-order valence-corrected chi connectivity index (χ4v) is 13.6. The van der Waals surface area contributed by atoms with Crippen molar-refractivity contribution in [1.29, 1.82) is 0 Å². The van der Waals surface area contributed by atoms with Gasteiger partial charge in [0.1, 0.15) is 17.5 Å². The highest BCUT2D eigenvalue weighted by Gasteiger charge is 2.52. The van der Waals surface area contributed by atoms with Gasteiger partial charge < -0.3 is 41.0 Å². The molecule has 0 radical (unpaired) electrons. The van der Waals surface area contributed by atoms with Crippen LogP contribution in [0, 0.1) is 16.2 Å². The minimum atomic E-state index is -4.33. The van der Waals surface area contributed by atoms with Gasteiger partial charge in [0.15, 0.2) is 0 Å². The Hall–Kier alpha value is -7.26. The zero-order valence-corrected chi connectivity index (χ0v) is 57.7. The van der Waals surface area contributed by atoms with Gasteiger partial charge in [-0.2, -0.15) is 39.5 Å². The van der Waals surface area contributed by atoms with Crippen molar-refractivity contribution in [2.75, 3.05) is 39.3 Å². The Morgan fingerprint density at radius 1 is 0.465 bits per heavy atom. The van der Waals surface area contributed by atoms with Crippen molar-refractivity contribution in [1.82, 2.24) is 25.8 Å². The largest absolute Gasteiger partial charge is 0.444 e. The molecule has 6 fully saturated rings. The third-order valence-electron chi connectivity index (χ3n) is 20.1. The number of aldehydes is 1. The highest BCUT2D eigenvalue weighted by molar-refractivity contribution is 5.74. The van der Waals surface area contributed by atoms with Crippen molar-refractivity contribution in [3.63, 3.8) is 0 Å². The molecule has 0 aliphatic heterocycles. The van der Waals surface area contributed by atoms with Gasteiger partial charge in [0.05, 0.1) is 16.7 Å². The Labute approximate surface area is 577 Å². The Bertz CT molecular complexity index is 3510. The van der Waals surface area contributed by atoms with Crippen LogP contribution in [0.4, 0.5) is 49.1 Å². The van der Waals surface area contributed by atoms with E-state index >= 15 is 0 Å². The molecule has 0 bridgehead atoms. The zero-order valence-electron chi connectivity index (χ0n) is 57.7. The minimum absolute atomic E-state index is 0.0490. The van der Waals surface area contributed by atoms with E-state index in [1.165, 1.54) is 60.9 Å². The number of nitrogens with two attached hydrogens (primary N) is 1. The molecule has 0 saturated heterocycles. The van der Waals surface area contributed by atoms with Crippen LogP contribution < -0.4 is 21.7 Å². The Morgan fingerprint density at radius 2 is 0.808 bits per heavy atom. The number of alkyl halides is 9. The molecule has 6 aromatic rings. The number of benzene rings is 6. The van der Waals surface area contributed by atoms with Crippen LogP contribution in [-0.4, -0.2) is 96.9 Å². The molecule has 11 nitrogen and oxygen atoms in total. The SMILES string of the molecule is CC(C)(C)OC(=O)N(CC1(CN)CCC1)[C@H]1CC1c1ccccc1.CC(C)(C)OC(=O)N(CC1(CNCc2ccc(C(F)(F)F)cc2)CCC1)[C@H]1CC1c1ccccc1.FC(F)(F)c1ccc(CNCC2(CN[C@H]3CC3c3ccccc3)CCC2)cc1.O=Cc1ccc(C(F)(F)F)cc1. The summed E-state index contributed by atoms with van der Waals surface area (Å²) in [5.41, 5.74) is 9.27. The van der Waals surface area contributed by atoms with Crippen molar-refractivity contribution in [3.05, 3.63) is 214 Å². The van der Waals surface area contributed by atoms with E-state index in [2.05, 4.69) is 82.7 Å². The average molecular weight is 1380 g/mol. The fraction of sp³-hybridized carbons (Fsp3) is 0.506. The van der Waals surface area contributed by atoms with Crippen LogP contribution in [0.3, 0.4) is 0 Å². The van der Waals surface area contributed by atoms with Gasteiger partial charge in [-0.25, -0.2) is 9.59 Å².